The second kappa shape index (κ2) is 34.9. The molecular formula is C45H58N8O23P3S6+. The van der Waals surface area contributed by atoms with E-state index in [1.165, 1.54) is 6.20 Å². The molecule has 3 unspecified atom stereocenters. The minimum atomic E-state index is -5.78. The third-order valence-corrected chi connectivity index (χ3v) is 19.0. The first-order valence-corrected chi connectivity index (χ1v) is 35.9. The lowest BCUT2D eigenvalue weighted by Crippen LogP contribution is -2.44. The van der Waals surface area contributed by atoms with Crippen molar-refractivity contribution in [2.45, 2.75) is 58.0 Å². The van der Waals surface area contributed by atoms with Crippen molar-refractivity contribution in [3.05, 3.63) is 93.3 Å². The maximum atomic E-state index is 13.3. The van der Waals surface area contributed by atoms with Crippen LogP contribution < -0.4 is 43.9 Å². The van der Waals surface area contributed by atoms with E-state index in [0.717, 1.165) is 45.0 Å². The Morgan fingerprint density at radius 3 is 2.32 bits per heavy atom. The summed E-state index contributed by atoms with van der Waals surface area (Å²) in [5.74, 6) is 7.50. The van der Waals surface area contributed by atoms with Gasteiger partial charge in [-0.05, 0) is 84.6 Å². The summed E-state index contributed by atoms with van der Waals surface area (Å²) >= 11 is 5.33. The zero-order valence-corrected chi connectivity index (χ0v) is 52.2. The molecule has 0 radical (unpaired) electrons. The standard InChI is InChI=1S/C45H57N8O17P3S4.2O3S/c1-3-77(74)27-65-38-23-40(68-39(38)25-66-72(60,61)70-73(62,63)69-71(57,58)59)53-24-30(42(48)52-45(53)56)8-7-16-51-44(55)50-15-5-4-6-18-64-26-76-75-19-17-49-43(54)29-10-9-28(2)35(20-29)41-33-13-11-31(46)21-36(33)67-37-22-32(47)12-14-34(37)41;2*1-4(2)3/h9-14,20-22,24,38-40,46H,3-6,15-19,23,25-27,47H2,1-2H3,(H,49,54)(H,60,61)(H,62,63)(H2,48,52,56)(H2,50,51,55)(H2,57,58,59);;/p+1/t38-,39-,40-,77?;;/m1../s1. The minimum absolute atomic E-state index is 0.0474. The van der Waals surface area contributed by atoms with Crippen LogP contribution in [0.1, 0.15) is 60.3 Å². The van der Waals surface area contributed by atoms with E-state index < -0.39 is 90.9 Å². The molecule has 85 heavy (non-hydrogen) atoms. The minimum Gasteiger partial charge on any atom is -0.456 e. The number of nitrogens with two attached hydrogens (primary N) is 3. The molecular weight excluding hydrogens is 1310 g/mol. The highest BCUT2D eigenvalue weighted by Crippen LogP contribution is 2.66. The molecule has 3 aliphatic rings. The summed E-state index contributed by atoms with van der Waals surface area (Å²) < 4.78 is 123. The van der Waals surface area contributed by atoms with E-state index in [1.54, 1.807) is 33.7 Å². The number of rotatable bonds is 27. The Labute approximate surface area is 502 Å². The van der Waals surface area contributed by atoms with Gasteiger partial charge in [-0.1, -0.05) is 55.9 Å². The van der Waals surface area contributed by atoms with Gasteiger partial charge in [-0.2, -0.15) is 13.6 Å². The summed E-state index contributed by atoms with van der Waals surface area (Å²) in [5, 5.41) is 15.9. The SMILES string of the molecule is CCS(=S)CO[C@@H]1C[C@H](n2cc(C#CCNC(=O)NCCCCCOCSSCCNC(=O)c3ccc(C)c(-c4c5ccc(=[NH2+])cc-5oc5cc(N)ccc45)c3)c(N)nc2=O)O[C@@H]1COP(=O)(O)OP(=O)(O)OP(=O)(O)O.O=S(=O)=O.O=S(=O)=O. The van der Waals surface area contributed by atoms with Crippen LogP contribution in [0.2, 0.25) is 0 Å². The van der Waals surface area contributed by atoms with Crippen molar-refractivity contribution >= 4 is 121 Å². The number of phosphoric ester groups is 1. The molecule has 6 atom stereocenters. The average Bonchev–Trinajstić information content (AvgIpc) is 1.35. The molecule has 3 aromatic rings. The highest BCUT2D eigenvalue weighted by Gasteiger charge is 2.44. The molecule has 6 rings (SSSR count). The molecule has 1 aromatic heterocycles. The maximum Gasteiger partial charge on any atom is 0.490 e. The van der Waals surface area contributed by atoms with Gasteiger partial charge in [-0.15, -0.1) is 25.3 Å². The van der Waals surface area contributed by atoms with Crippen molar-refractivity contribution in [3.8, 4) is 34.3 Å². The van der Waals surface area contributed by atoms with Crippen molar-refractivity contribution in [1.82, 2.24) is 25.5 Å². The number of aromatic nitrogens is 2. The third kappa shape index (κ3) is 25.9. The molecule has 0 saturated carbocycles. The van der Waals surface area contributed by atoms with Crippen molar-refractivity contribution in [3.63, 3.8) is 0 Å². The molecule has 31 nitrogen and oxygen atoms in total. The zero-order valence-electron chi connectivity index (χ0n) is 44.7. The molecule has 2 aliphatic heterocycles. The Balaban J connectivity index is 0.00000182. The lowest BCUT2D eigenvalue weighted by atomic mass is 9.90. The Morgan fingerprint density at radius 1 is 0.906 bits per heavy atom. The number of ether oxygens (including phenoxy) is 3. The first-order valence-electron chi connectivity index (χ1n) is 24.4. The van der Waals surface area contributed by atoms with Crippen molar-refractivity contribution < 1.29 is 105 Å². The van der Waals surface area contributed by atoms with Gasteiger partial charge in [0.2, 0.25) is 0 Å². The predicted molar refractivity (Wildman–Crippen MR) is 313 cm³/mol. The zero-order chi connectivity index (χ0) is 63.1. The van der Waals surface area contributed by atoms with Crippen molar-refractivity contribution in [2.75, 3.05) is 67.7 Å². The number of benzene rings is 3. The molecule has 3 heterocycles. The monoisotopic (exact) mass is 1360 g/mol. The number of nitrogen functional groups attached to an aromatic ring is 2. The van der Waals surface area contributed by atoms with Crippen LogP contribution in [-0.2, 0) is 82.9 Å². The molecule has 3 amide bonds. The van der Waals surface area contributed by atoms with Gasteiger partial charge in [0.25, 0.3) is 5.91 Å². The Morgan fingerprint density at radius 2 is 1.62 bits per heavy atom. The number of carbonyl (C=O) groups excluding carboxylic acids is 2. The molecule has 0 spiro atoms. The van der Waals surface area contributed by atoms with Gasteiger partial charge in [-0.3, -0.25) is 19.3 Å². The smallest absolute Gasteiger partial charge is 0.456 e. The van der Waals surface area contributed by atoms with Crippen molar-refractivity contribution in [1.29, 1.82) is 0 Å². The topological polar surface area (TPSA) is 486 Å². The number of carbonyl (C=O) groups is 2. The van der Waals surface area contributed by atoms with Crippen LogP contribution in [0, 0.1) is 18.8 Å². The van der Waals surface area contributed by atoms with E-state index in [9.17, 15) is 37.9 Å². The number of phosphoric acid groups is 3. The van der Waals surface area contributed by atoms with Crippen LogP contribution in [-0.4, -0.2) is 135 Å². The second-order valence-electron chi connectivity index (χ2n) is 17.2. The average molecular weight is 1360 g/mol. The van der Waals surface area contributed by atoms with E-state index >= 15 is 0 Å². The van der Waals surface area contributed by atoms with E-state index in [1.807, 2.05) is 56.3 Å². The quantitative estimate of drug-likeness (QED) is 0.00678. The van der Waals surface area contributed by atoms with Crippen LogP contribution in [0.3, 0.4) is 0 Å². The molecule has 2 aromatic carbocycles. The second-order valence-corrected chi connectivity index (χ2v) is 28.0. The van der Waals surface area contributed by atoms with E-state index in [2.05, 4.69) is 41.4 Å². The highest BCUT2D eigenvalue weighted by molar-refractivity contribution is 8.76. The largest absolute Gasteiger partial charge is 0.490 e. The lowest BCUT2D eigenvalue weighted by molar-refractivity contribution is -0.172. The predicted octanol–water partition coefficient (Wildman–Crippen LogP) is 1.57. The van der Waals surface area contributed by atoms with Gasteiger partial charge in [-0.25, -0.2) is 23.3 Å². The Bertz CT molecular complexity index is 3700. The number of hydrogen-bond acceptors (Lipinski definition) is 25. The van der Waals surface area contributed by atoms with Gasteiger partial charge in [0.15, 0.2) is 5.36 Å². The normalized spacial score (nSPS) is 16.4. The van der Waals surface area contributed by atoms with E-state index in [0.29, 0.717) is 71.5 Å². The molecule has 13 N–H and O–H groups in total. The van der Waals surface area contributed by atoms with Gasteiger partial charge < -0.3 is 65.6 Å². The van der Waals surface area contributed by atoms with Gasteiger partial charge >= 0.3 is 56.4 Å². The molecule has 1 fully saturated rings. The first kappa shape index (κ1) is 72.2. The van der Waals surface area contributed by atoms with Crippen molar-refractivity contribution in [2.24, 2.45) is 0 Å². The number of nitrogens with zero attached hydrogens (tertiary/aromatic N) is 2. The number of fused-ring (bicyclic) bond motifs is 2. The van der Waals surface area contributed by atoms with Crippen LogP contribution in [0.4, 0.5) is 16.3 Å². The highest BCUT2D eigenvalue weighted by atomic mass is 33.1. The number of aryl methyl sites for hydroxylation is 1. The summed E-state index contributed by atoms with van der Waals surface area (Å²) in [4.78, 5) is 79.4. The first-order chi connectivity index (χ1) is 40.0. The van der Waals surface area contributed by atoms with Gasteiger partial charge in [0.1, 0.15) is 35.4 Å². The molecule has 0 bridgehead atoms. The number of anilines is 2. The van der Waals surface area contributed by atoms with E-state index in [-0.39, 0.29) is 36.2 Å². The summed E-state index contributed by atoms with van der Waals surface area (Å²) in [7, 11) is -20.6. The number of hydrogen-bond donors (Lipinski definition) is 10. The molecule has 466 valence electrons. The van der Waals surface area contributed by atoms with E-state index in [4.69, 9.17) is 86.3 Å². The molecule has 1 saturated heterocycles. The van der Waals surface area contributed by atoms with Crippen LogP contribution in [0.25, 0.3) is 33.4 Å². The molecule has 1 aliphatic carbocycles. The van der Waals surface area contributed by atoms with Crippen LogP contribution >= 0.6 is 45.1 Å². The fourth-order valence-corrected chi connectivity index (χ4v) is 12.7. The summed E-state index contributed by atoms with van der Waals surface area (Å²) in [6, 6.07) is 16.2. The number of unbranched alkanes of at least 4 members (excludes halogenated alkanes) is 2. The van der Waals surface area contributed by atoms with Crippen LogP contribution in [0.5, 0.6) is 0 Å². The Hall–Kier alpha value is -5.29. The summed E-state index contributed by atoms with van der Waals surface area (Å²) in [6.45, 7) is 4.32. The lowest BCUT2D eigenvalue weighted by Gasteiger charge is -2.21. The number of amides is 3. The summed E-state index contributed by atoms with van der Waals surface area (Å²) in [6.07, 6.45) is 0.258. The fourth-order valence-electron chi connectivity index (χ4n) is 7.47. The van der Waals surface area contributed by atoms with Crippen LogP contribution in [0.15, 0.2) is 70.0 Å². The summed E-state index contributed by atoms with van der Waals surface area (Å²) in [5.41, 5.74) is 16.7. The number of urea groups is 1. The third-order valence-electron chi connectivity index (χ3n) is 11.1. The van der Waals surface area contributed by atoms with Gasteiger partial charge in [0, 0.05) is 78.0 Å². The molecule has 40 heteroatoms. The Kier molecular flexibility index (Phi) is 29.6. The number of nitrogens with one attached hydrogen (secondary N) is 3. The fraction of sp³-hybridized carbons (Fsp3) is 0.400. The van der Waals surface area contributed by atoms with Gasteiger partial charge in [0.05, 0.1) is 36.8 Å². The maximum absolute atomic E-state index is 13.3.